The van der Waals surface area contributed by atoms with Gasteiger partial charge in [0, 0.05) is 11.5 Å². The van der Waals surface area contributed by atoms with Gasteiger partial charge in [-0.2, -0.15) is 0 Å². The van der Waals surface area contributed by atoms with Crippen molar-refractivity contribution in [2.24, 2.45) is 0 Å². The maximum Gasteiger partial charge on any atom is 0.00774 e. The first kappa shape index (κ1) is 15.2. The van der Waals surface area contributed by atoms with Crippen LogP contribution in [0.25, 0.3) is 11.1 Å². The molecule has 2 aliphatic carbocycles. The fourth-order valence-electron chi connectivity index (χ4n) is 4.41. The predicted molar refractivity (Wildman–Crippen MR) is 109 cm³/mol. The Morgan fingerprint density at radius 1 is 0.542 bits per heavy atom. The average molecular weight is 351 g/mol. The molecule has 0 atom stereocenters. The van der Waals surface area contributed by atoms with Gasteiger partial charge < -0.3 is 0 Å². The van der Waals surface area contributed by atoms with Crippen LogP contribution in [0.4, 0.5) is 0 Å². The Morgan fingerprint density at radius 2 is 1.04 bits per heavy atom. The lowest BCUT2D eigenvalue weighted by Crippen LogP contribution is -1.95. The molecule has 0 fully saturated rings. The molecule has 122 valence electrons. The van der Waals surface area contributed by atoms with Crippen LogP contribution in [0.3, 0.4) is 0 Å². The molecule has 2 heteroatoms. The molecule has 4 bridgehead atoms. The van der Waals surface area contributed by atoms with Gasteiger partial charge in [-0.1, -0.05) is 58.0 Å². The Hall–Kier alpha value is -1.12. The van der Waals surface area contributed by atoms with Gasteiger partial charge >= 0.3 is 0 Å². The van der Waals surface area contributed by atoms with Gasteiger partial charge in [0.1, 0.15) is 0 Å². The minimum absolute atomic E-state index is 1.20. The molecule has 0 unspecified atom stereocenters. The Bertz CT molecular complexity index is 762. The van der Waals surface area contributed by atoms with Crippen molar-refractivity contribution in [1.82, 2.24) is 0 Å². The molecule has 5 rings (SSSR count). The summed E-state index contributed by atoms with van der Waals surface area (Å²) >= 11 is 0. The minimum atomic E-state index is 1.20. The van der Waals surface area contributed by atoms with Gasteiger partial charge in [-0.15, -0.1) is 0 Å². The van der Waals surface area contributed by atoms with E-state index in [9.17, 15) is 0 Å². The van der Waals surface area contributed by atoms with E-state index in [1.807, 2.05) is 21.6 Å². The summed E-state index contributed by atoms with van der Waals surface area (Å²) in [5.74, 6) is 2.44. The molecule has 0 saturated heterocycles. The molecule has 24 heavy (non-hydrogen) atoms. The van der Waals surface area contributed by atoms with Crippen molar-refractivity contribution in [2.45, 2.75) is 38.5 Å². The predicted octanol–water partition coefficient (Wildman–Crippen LogP) is 5.97. The third kappa shape index (κ3) is 2.64. The Morgan fingerprint density at radius 3 is 1.54 bits per heavy atom. The first-order valence-corrected chi connectivity index (χ1v) is 11.6. The molecule has 2 aromatic rings. The zero-order valence-corrected chi connectivity index (χ0v) is 15.6. The maximum atomic E-state index is 2.50. The number of rotatable bonds is 0. The van der Waals surface area contributed by atoms with Crippen molar-refractivity contribution < 1.29 is 0 Å². The lowest BCUT2D eigenvalue weighted by molar-refractivity contribution is 1.06. The fraction of sp³-hybridized carbons (Fsp3) is 0.364. The summed E-state index contributed by atoms with van der Waals surface area (Å²) in [5, 5.41) is 0. The van der Waals surface area contributed by atoms with Crippen LogP contribution in [-0.4, -0.2) is 11.5 Å². The van der Waals surface area contributed by atoms with Gasteiger partial charge in [-0.05, 0) is 83.1 Å². The molecule has 3 aliphatic rings. The van der Waals surface area contributed by atoms with E-state index in [2.05, 4.69) is 36.4 Å². The molecule has 0 saturated carbocycles. The average Bonchev–Trinajstić information content (AvgIpc) is 3.20. The van der Waals surface area contributed by atoms with Crippen LogP contribution < -0.4 is 0 Å². The van der Waals surface area contributed by atoms with E-state index in [1.54, 1.807) is 33.4 Å². The maximum absolute atomic E-state index is 2.50. The second-order valence-corrected chi connectivity index (χ2v) is 9.79. The van der Waals surface area contributed by atoms with Crippen LogP contribution in [0.15, 0.2) is 36.4 Å². The molecule has 0 aromatic heterocycles. The van der Waals surface area contributed by atoms with Crippen molar-refractivity contribution >= 4 is 32.7 Å². The van der Waals surface area contributed by atoms with Crippen LogP contribution in [-0.2, 0) is 25.7 Å². The zero-order valence-electron chi connectivity index (χ0n) is 13.9. The first-order chi connectivity index (χ1) is 11.9. The van der Waals surface area contributed by atoms with Crippen LogP contribution in [0, 0.1) is 0 Å². The fourth-order valence-corrected chi connectivity index (χ4v) is 6.49. The van der Waals surface area contributed by atoms with E-state index >= 15 is 0 Å². The largest absolute Gasteiger partial charge is 0.0938 e. The summed E-state index contributed by atoms with van der Waals surface area (Å²) in [5.41, 5.74) is 12.6. The van der Waals surface area contributed by atoms with Gasteiger partial charge in [0.25, 0.3) is 0 Å². The number of hydrogen-bond acceptors (Lipinski definition) is 2. The van der Waals surface area contributed by atoms with Crippen LogP contribution in [0.2, 0.25) is 0 Å². The highest BCUT2D eigenvalue weighted by Crippen LogP contribution is 2.44. The van der Waals surface area contributed by atoms with Crippen LogP contribution in [0.1, 0.15) is 46.2 Å². The summed E-state index contributed by atoms with van der Waals surface area (Å²) in [6.07, 6.45) is 7.33. The van der Waals surface area contributed by atoms with Gasteiger partial charge in [0.15, 0.2) is 0 Å². The molecule has 0 radical (unpaired) electrons. The minimum Gasteiger partial charge on any atom is -0.0938 e. The first-order valence-electron chi connectivity index (χ1n) is 9.09. The van der Waals surface area contributed by atoms with E-state index in [-0.39, 0.29) is 0 Å². The highest BCUT2D eigenvalue weighted by Gasteiger charge is 2.25. The molecule has 0 amide bonds. The molecule has 0 spiro atoms. The number of hydrogen-bond donors (Lipinski definition) is 0. The van der Waals surface area contributed by atoms with Gasteiger partial charge in [-0.3, -0.25) is 0 Å². The normalized spacial score (nSPS) is 22.5. The third-order valence-corrected chi connectivity index (χ3v) is 8.09. The molecule has 1 aliphatic heterocycles. The zero-order chi connectivity index (χ0) is 15.9. The SMILES string of the molecule is c1cc2c3cc1CCSSCCc1ccc4c(c1)/C(=C\3CC2)CC4. The molecular weight excluding hydrogens is 328 g/mol. The molecule has 0 N–H and O–H groups in total. The number of fused-ring (bicyclic) bond motifs is 2. The number of allylic oxidation sites excluding steroid dienone is 2. The third-order valence-electron chi connectivity index (χ3n) is 5.68. The van der Waals surface area contributed by atoms with E-state index in [4.69, 9.17) is 0 Å². The monoisotopic (exact) mass is 350 g/mol. The van der Waals surface area contributed by atoms with E-state index in [0.29, 0.717) is 0 Å². The van der Waals surface area contributed by atoms with Crippen molar-refractivity contribution in [1.29, 1.82) is 0 Å². The van der Waals surface area contributed by atoms with E-state index in [1.165, 1.54) is 61.2 Å². The Balaban J connectivity index is 1.68. The van der Waals surface area contributed by atoms with Crippen LogP contribution in [0.5, 0.6) is 0 Å². The standard InChI is InChI=1S/C22H22S2/c1-3-17-5-7-19-20-8-6-18-4-2-16(14-22(18)20)10-12-24-23-11-9-15(1)13-21(17)19/h1-4,13-14H,5-12H2/b20-19-. The lowest BCUT2D eigenvalue weighted by atomic mass is 9.94. The molecular formula is C22H22S2. The van der Waals surface area contributed by atoms with Crippen molar-refractivity contribution in [3.8, 4) is 0 Å². The summed E-state index contributed by atoms with van der Waals surface area (Å²) in [4.78, 5) is 0. The number of aryl methyl sites for hydroxylation is 4. The van der Waals surface area contributed by atoms with E-state index in [0.717, 1.165) is 0 Å². The Kier molecular flexibility index (Phi) is 3.99. The van der Waals surface area contributed by atoms with Crippen molar-refractivity contribution in [2.75, 3.05) is 11.5 Å². The topological polar surface area (TPSA) is 0 Å². The highest BCUT2D eigenvalue weighted by atomic mass is 33.1. The second kappa shape index (κ2) is 6.31. The molecule has 1 heterocycles. The summed E-state index contributed by atoms with van der Waals surface area (Å²) in [6.45, 7) is 0. The molecule has 0 nitrogen and oxygen atoms in total. The van der Waals surface area contributed by atoms with Crippen LogP contribution >= 0.6 is 21.6 Å². The summed E-state index contributed by atoms with van der Waals surface area (Å²) in [6, 6.07) is 14.5. The lowest BCUT2D eigenvalue weighted by Gasteiger charge is -2.12. The number of benzene rings is 2. The van der Waals surface area contributed by atoms with Crippen molar-refractivity contribution in [3.05, 3.63) is 69.8 Å². The summed E-state index contributed by atoms with van der Waals surface area (Å²) in [7, 11) is 4.07. The van der Waals surface area contributed by atoms with E-state index < -0.39 is 0 Å². The van der Waals surface area contributed by atoms with Crippen molar-refractivity contribution in [3.63, 3.8) is 0 Å². The highest BCUT2D eigenvalue weighted by molar-refractivity contribution is 8.76. The second-order valence-electron chi connectivity index (χ2n) is 7.08. The quantitative estimate of drug-likeness (QED) is 0.537. The van der Waals surface area contributed by atoms with Gasteiger partial charge in [0.2, 0.25) is 0 Å². The smallest absolute Gasteiger partial charge is 0.00774 e. The Labute approximate surface area is 152 Å². The van der Waals surface area contributed by atoms with Gasteiger partial charge in [-0.25, -0.2) is 0 Å². The molecule has 2 aromatic carbocycles. The summed E-state index contributed by atoms with van der Waals surface area (Å²) < 4.78 is 0. The van der Waals surface area contributed by atoms with Gasteiger partial charge in [0.05, 0.1) is 0 Å².